The van der Waals surface area contributed by atoms with Crippen LogP contribution >= 0.6 is 11.6 Å². The molecule has 2 aromatic rings. The third-order valence-corrected chi connectivity index (χ3v) is 4.41. The number of hydrogen-bond donors (Lipinski definition) is 1. The Kier molecular flexibility index (Phi) is 3.95. The summed E-state index contributed by atoms with van der Waals surface area (Å²) >= 11 is 6.43. The van der Waals surface area contributed by atoms with Crippen LogP contribution in [0.1, 0.15) is 54.4 Å². The van der Waals surface area contributed by atoms with Crippen LogP contribution in [0, 0.1) is 13.8 Å². The molecule has 0 aliphatic heterocycles. The molecule has 2 heterocycles. The molecule has 1 fully saturated rings. The first-order valence-electron chi connectivity index (χ1n) is 7.31. The number of hydrogen-bond acceptors (Lipinski definition) is 4. The number of rotatable bonds is 3. The van der Waals surface area contributed by atoms with Crippen molar-refractivity contribution < 1.29 is 5.11 Å². The van der Waals surface area contributed by atoms with Gasteiger partial charge in [-0.2, -0.15) is 5.10 Å². The number of aliphatic hydroxyl groups is 1. The molecule has 0 aromatic carbocycles. The van der Waals surface area contributed by atoms with E-state index in [0.717, 1.165) is 29.8 Å². The first-order chi connectivity index (χ1) is 10.1. The summed E-state index contributed by atoms with van der Waals surface area (Å²) in [6.07, 6.45) is 4.65. The zero-order chi connectivity index (χ0) is 15.0. The molecule has 0 bridgehead atoms. The molecule has 0 atom stereocenters. The fraction of sp³-hybridized carbons (Fsp3) is 0.533. The van der Waals surface area contributed by atoms with E-state index in [1.807, 2.05) is 19.9 Å². The third-order valence-electron chi connectivity index (χ3n) is 4.02. The third kappa shape index (κ3) is 2.68. The summed E-state index contributed by atoms with van der Waals surface area (Å²) in [5.74, 6) is 1.74. The average Bonchev–Trinajstić information content (AvgIpc) is 3.04. The monoisotopic (exact) mass is 306 g/mol. The lowest BCUT2D eigenvalue weighted by atomic mass is 10.0. The Morgan fingerprint density at radius 2 is 2.00 bits per heavy atom. The normalized spacial score (nSPS) is 15.8. The van der Waals surface area contributed by atoms with Gasteiger partial charge in [-0.15, -0.1) is 0 Å². The molecule has 112 valence electrons. The predicted octanol–water partition coefficient (Wildman–Crippen LogP) is 3.08. The summed E-state index contributed by atoms with van der Waals surface area (Å²) < 4.78 is 1.63. The molecule has 0 unspecified atom stereocenters. The molecule has 0 spiro atoms. The maximum atomic E-state index is 9.66. The van der Waals surface area contributed by atoms with E-state index in [1.165, 1.54) is 12.8 Å². The van der Waals surface area contributed by atoms with Crippen molar-refractivity contribution in [3.05, 3.63) is 34.0 Å². The van der Waals surface area contributed by atoms with Crippen LogP contribution in [0.5, 0.6) is 0 Å². The van der Waals surface area contributed by atoms with Gasteiger partial charge in [-0.3, -0.25) is 0 Å². The van der Waals surface area contributed by atoms with Crippen LogP contribution in [-0.4, -0.2) is 24.9 Å². The van der Waals surface area contributed by atoms with Crippen LogP contribution in [0.3, 0.4) is 0 Å². The van der Waals surface area contributed by atoms with Crippen molar-refractivity contribution in [3.63, 3.8) is 0 Å². The average molecular weight is 307 g/mol. The highest BCUT2D eigenvalue weighted by Gasteiger charge is 2.26. The van der Waals surface area contributed by atoms with Gasteiger partial charge in [0.05, 0.1) is 12.3 Å². The second-order valence-corrected chi connectivity index (χ2v) is 5.98. The van der Waals surface area contributed by atoms with Gasteiger partial charge in [0.25, 0.3) is 0 Å². The summed E-state index contributed by atoms with van der Waals surface area (Å²) in [6, 6.07) is 1.85. The van der Waals surface area contributed by atoms with Gasteiger partial charge in [0.15, 0.2) is 5.82 Å². The second-order valence-electron chi connectivity index (χ2n) is 5.62. The fourth-order valence-corrected chi connectivity index (χ4v) is 3.36. The van der Waals surface area contributed by atoms with Crippen molar-refractivity contribution in [2.24, 2.45) is 0 Å². The van der Waals surface area contributed by atoms with Crippen molar-refractivity contribution in [2.45, 2.75) is 52.1 Å². The summed E-state index contributed by atoms with van der Waals surface area (Å²) in [4.78, 5) is 8.68. The molecular formula is C15H19ClN4O. The maximum Gasteiger partial charge on any atom is 0.159 e. The summed E-state index contributed by atoms with van der Waals surface area (Å²) in [6.45, 7) is 3.67. The molecule has 0 saturated heterocycles. The lowest BCUT2D eigenvalue weighted by Crippen LogP contribution is -2.04. The molecule has 1 saturated carbocycles. The van der Waals surface area contributed by atoms with E-state index in [2.05, 4.69) is 15.1 Å². The van der Waals surface area contributed by atoms with E-state index < -0.39 is 0 Å². The van der Waals surface area contributed by atoms with Crippen LogP contribution in [0.4, 0.5) is 0 Å². The maximum absolute atomic E-state index is 9.66. The van der Waals surface area contributed by atoms with Crippen molar-refractivity contribution in [2.75, 3.05) is 0 Å². The zero-order valence-corrected chi connectivity index (χ0v) is 13.1. The SMILES string of the molecule is Cc1cc(-n2nc(C3CCCC3)c(CO)c2Cl)nc(C)n1. The van der Waals surface area contributed by atoms with E-state index in [0.29, 0.717) is 22.7 Å². The lowest BCUT2D eigenvalue weighted by Gasteiger charge is -2.06. The quantitative estimate of drug-likeness (QED) is 0.946. The van der Waals surface area contributed by atoms with Crippen LogP contribution in [0.15, 0.2) is 6.07 Å². The van der Waals surface area contributed by atoms with Gasteiger partial charge in [0, 0.05) is 23.2 Å². The highest BCUT2D eigenvalue weighted by Crippen LogP contribution is 2.37. The molecular weight excluding hydrogens is 288 g/mol. The minimum atomic E-state index is -0.0896. The van der Waals surface area contributed by atoms with Crippen LogP contribution in [-0.2, 0) is 6.61 Å². The van der Waals surface area contributed by atoms with E-state index in [1.54, 1.807) is 4.68 Å². The van der Waals surface area contributed by atoms with Gasteiger partial charge < -0.3 is 5.11 Å². The molecule has 0 radical (unpaired) electrons. The van der Waals surface area contributed by atoms with E-state index >= 15 is 0 Å². The molecule has 2 aromatic heterocycles. The van der Waals surface area contributed by atoms with Crippen LogP contribution < -0.4 is 0 Å². The summed E-state index contributed by atoms with van der Waals surface area (Å²) in [5.41, 5.74) is 2.53. The highest BCUT2D eigenvalue weighted by molar-refractivity contribution is 6.30. The Hall–Kier alpha value is -1.46. The van der Waals surface area contributed by atoms with E-state index in [4.69, 9.17) is 11.6 Å². The van der Waals surface area contributed by atoms with Gasteiger partial charge in [0.1, 0.15) is 11.0 Å². The zero-order valence-electron chi connectivity index (χ0n) is 12.3. The summed E-state index contributed by atoms with van der Waals surface area (Å²) in [5, 5.41) is 14.8. The van der Waals surface area contributed by atoms with Crippen molar-refractivity contribution in [1.82, 2.24) is 19.7 Å². The largest absolute Gasteiger partial charge is 0.391 e. The first kappa shape index (κ1) is 14.5. The predicted molar refractivity (Wildman–Crippen MR) is 80.8 cm³/mol. The Bertz CT molecular complexity index is 642. The van der Waals surface area contributed by atoms with Crippen LogP contribution in [0.25, 0.3) is 5.82 Å². The molecule has 3 rings (SSSR count). The molecule has 0 amide bonds. The second kappa shape index (κ2) is 5.73. The summed E-state index contributed by atoms with van der Waals surface area (Å²) in [7, 11) is 0. The topological polar surface area (TPSA) is 63.8 Å². The van der Waals surface area contributed by atoms with E-state index in [9.17, 15) is 5.11 Å². The van der Waals surface area contributed by atoms with Gasteiger partial charge in [0.2, 0.25) is 0 Å². The molecule has 6 heteroatoms. The molecule has 21 heavy (non-hydrogen) atoms. The number of halogens is 1. The van der Waals surface area contributed by atoms with Crippen LogP contribution in [0.2, 0.25) is 5.15 Å². The molecule has 1 aliphatic rings. The van der Waals surface area contributed by atoms with Crippen molar-refractivity contribution in [1.29, 1.82) is 0 Å². The number of aryl methyl sites for hydroxylation is 2. The molecule has 5 nitrogen and oxygen atoms in total. The van der Waals surface area contributed by atoms with Gasteiger partial charge in [-0.05, 0) is 26.7 Å². The minimum Gasteiger partial charge on any atom is -0.391 e. The Balaban J connectivity index is 2.10. The molecule has 1 aliphatic carbocycles. The van der Waals surface area contributed by atoms with Crippen molar-refractivity contribution >= 4 is 11.6 Å². The lowest BCUT2D eigenvalue weighted by molar-refractivity contribution is 0.280. The van der Waals surface area contributed by atoms with E-state index in [-0.39, 0.29) is 6.61 Å². The fourth-order valence-electron chi connectivity index (χ4n) is 3.08. The molecule has 1 N–H and O–H groups in total. The van der Waals surface area contributed by atoms with Gasteiger partial charge in [-0.1, -0.05) is 24.4 Å². The highest BCUT2D eigenvalue weighted by atomic mass is 35.5. The Labute approximate surface area is 129 Å². The number of aromatic nitrogens is 4. The standard InChI is InChI=1S/C15H19ClN4O/c1-9-7-13(18-10(2)17-9)20-15(16)12(8-21)14(19-20)11-5-3-4-6-11/h7,11,21H,3-6,8H2,1-2H3. The smallest absolute Gasteiger partial charge is 0.159 e. The first-order valence-corrected chi connectivity index (χ1v) is 7.68. The van der Waals surface area contributed by atoms with Gasteiger partial charge >= 0.3 is 0 Å². The minimum absolute atomic E-state index is 0.0896. The Morgan fingerprint density at radius 3 is 2.62 bits per heavy atom. The number of nitrogens with zero attached hydrogens (tertiary/aromatic N) is 4. The van der Waals surface area contributed by atoms with Crippen molar-refractivity contribution in [3.8, 4) is 5.82 Å². The Morgan fingerprint density at radius 1 is 1.29 bits per heavy atom. The number of aliphatic hydroxyl groups excluding tert-OH is 1. The van der Waals surface area contributed by atoms with Gasteiger partial charge in [-0.25, -0.2) is 14.6 Å².